The first-order valence-electron chi connectivity index (χ1n) is 10.1. The highest BCUT2D eigenvalue weighted by Gasteiger charge is 2.34. The van der Waals surface area contributed by atoms with Gasteiger partial charge in [-0.15, -0.1) is 11.8 Å². The van der Waals surface area contributed by atoms with Gasteiger partial charge in [0.25, 0.3) is 0 Å². The fourth-order valence-corrected chi connectivity index (χ4v) is 5.05. The van der Waals surface area contributed by atoms with Crippen LogP contribution < -0.4 is 0 Å². The molecule has 1 aromatic rings. The number of hydrogen-bond acceptors (Lipinski definition) is 4. The number of aliphatic carboxylic acids is 1. The molecule has 0 bridgehead atoms. The van der Waals surface area contributed by atoms with Crippen LogP contribution in [0.25, 0.3) is 0 Å². The van der Waals surface area contributed by atoms with Gasteiger partial charge in [0.1, 0.15) is 12.0 Å². The molecular formula is C22H29FN2O2S. The number of likely N-dealkylation sites (tertiary alicyclic amines) is 1. The monoisotopic (exact) mass is 404 g/mol. The highest BCUT2D eigenvalue weighted by Crippen LogP contribution is 2.37. The van der Waals surface area contributed by atoms with E-state index in [1.807, 2.05) is 19.9 Å². The molecule has 1 unspecified atom stereocenters. The number of thioether (sulfide) groups is 1. The smallest absolute Gasteiger partial charge is 0.338 e. The third-order valence-electron chi connectivity index (χ3n) is 5.34. The van der Waals surface area contributed by atoms with E-state index in [0.717, 1.165) is 47.8 Å². The molecular weight excluding hydrogens is 375 g/mol. The lowest BCUT2D eigenvalue weighted by atomic mass is 10.0. The zero-order valence-corrected chi connectivity index (χ0v) is 17.5. The average molecular weight is 405 g/mol. The summed E-state index contributed by atoms with van der Waals surface area (Å²) in [5.41, 5.74) is 2.04. The topological polar surface area (TPSA) is 43.8 Å². The second-order valence-corrected chi connectivity index (χ2v) is 8.64. The Morgan fingerprint density at radius 2 is 1.96 bits per heavy atom. The molecule has 6 heteroatoms. The van der Waals surface area contributed by atoms with Gasteiger partial charge in [0.15, 0.2) is 0 Å². The summed E-state index contributed by atoms with van der Waals surface area (Å²) in [5, 5.41) is 10.6. The van der Waals surface area contributed by atoms with Gasteiger partial charge in [0, 0.05) is 19.6 Å². The van der Waals surface area contributed by atoms with E-state index in [1.165, 1.54) is 18.9 Å². The van der Waals surface area contributed by atoms with Crippen LogP contribution in [0.3, 0.4) is 0 Å². The van der Waals surface area contributed by atoms with Crippen LogP contribution >= 0.6 is 11.8 Å². The van der Waals surface area contributed by atoms with Crippen LogP contribution in [-0.2, 0) is 11.3 Å². The minimum atomic E-state index is -0.900. The quantitative estimate of drug-likeness (QED) is 0.735. The first-order valence-corrected chi connectivity index (χ1v) is 11.0. The van der Waals surface area contributed by atoms with Crippen LogP contribution in [0, 0.1) is 5.82 Å². The van der Waals surface area contributed by atoms with E-state index >= 15 is 0 Å². The van der Waals surface area contributed by atoms with Gasteiger partial charge in [-0.05, 0) is 54.9 Å². The molecule has 1 N–H and O–H groups in total. The second-order valence-electron chi connectivity index (χ2n) is 7.39. The summed E-state index contributed by atoms with van der Waals surface area (Å²) >= 11 is 1.56. The number of carbonyl (C=O) groups is 1. The summed E-state index contributed by atoms with van der Waals surface area (Å²) in [4.78, 5) is 16.6. The van der Waals surface area contributed by atoms with Crippen molar-refractivity contribution in [1.29, 1.82) is 0 Å². The molecule has 2 aliphatic rings. The molecule has 0 aliphatic carbocycles. The van der Waals surface area contributed by atoms with Gasteiger partial charge in [-0.1, -0.05) is 31.9 Å². The molecule has 0 saturated carbocycles. The summed E-state index contributed by atoms with van der Waals surface area (Å²) in [7, 11) is 0. The Labute approximate surface area is 171 Å². The van der Waals surface area contributed by atoms with Crippen molar-refractivity contribution >= 4 is 17.7 Å². The molecule has 0 aromatic heterocycles. The van der Waals surface area contributed by atoms with Crippen molar-refractivity contribution in [3.8, 4) is 0 Å². The molecule has 4 nitrogen and oxygen atoms in total. The summed E-state index contributed by atoms with van der Waals surface area (Å²) in [6.45, 7) is 6.42. The minimum Gasteiger partial charge on any atom is -0.478 e. The van der Waals surface area contributed by atoms with Crippen molar-refractivity contribution in [3.63, 3.8) is 0 Å². The third-order valence-corrected chi connectivity index (χ3v) is 6.34. The number of nitrogens with zero attached hydrogens (tertiary/aromatic N) is 2. The van der Waals surface area contributed by atoms with Crippen LogP contribution in [0.4, 0.5) is 4.39 Å². The molecule has 1 aromatic carbocycles. The van der Waals surface area contributed by atoms with E-state index in [-0.39, 0.29) is 12.0 Å². The second kappa shape index (κ2) is 9.61. The number of hydrogen-bond donors (Lipinski definition) is 1. The first kappa shape index (κ1) is 20.9. The van der Waals surface area contributed by atoms with E-state index in [9.17, 15) is 14.3 Å². The highest BCUT2D eigenvalue weighted by atomic mass is 32.2. The number of halogens is 1. The van der Waals surface area contributed by atoms with E-state index in [2.05, 4.69) is 15.9 Å². The molecule has 1 saturated heterocycles. The van der Waals surface area contributed by atoms with E-state index in [1.54, 1.807) is 23.9 Å². The van der Waals surface area contributed by atoms with Gasteiger partial charge in [0.2, 0.25) is 0 Å². The normalized spacial score (nSPS) is 21.5. The van der Waals surface area contributed by atoms with Crippen molar-refractivity contribution < 1.29 is 14.3 Å². The zero-order valence-electron chi connectivity index (χ0n) is 16.7. The zero-order chi connectivity index (χ0) is 20.1. The summed E-state index contributed by atoms with van der Waals surface area (Å²) < 4.78 is 13.8. The van der Waals surface area contributed by atoms with Crippen molar-refractivity contribution in [2.45, 2.75) is 52.2 Å². The largest absolute Gasteiger partial charge is 0.478 e. The van der Waals surface area contributed by atoms with E-state index < -0.39 is 5.97 Å². The van der Waals surface area contributed by atoms with Gasteiger partial charge < -0.3 is 10.0 Å². The maximum Gasteiger partial charge on any atom is 0.338 e. The predicted octanol–water partition coefficient (Wildman–Crippen LogP) is 4.84. The lowest BCUT2D eigenvalue weighted by Gasteiger charge is -2.43. The maximum atomic E-state index is 13.8. The third kappa shape index (κ3) is 4.78. The number of rotatable bonds is 6. The molecule has 28 heavy (non-hydrogen) atoms. The van der Waals surface area contributed by atoms with Crippen LogP contribution in [0.15, 0.2) is 46.5 Å². The van der Waals surface area contributed by atoms with Gasteiger partial charge in [-0.3, -0.25) is 4.90 Å². The Morgan fingerprint density at radius 3 is 2.57 bits per heavy atom. The lowest BCUT2D eigenvalue weighted by molar-refractivity contribution is -0.132. The molecule has 2 aliphatic heterocycles. The van der Waals surface area contributed by atoms with Crippen molar-refractivity contribution in [3.05, 3.63) is 57.9 Å². The molecule has 1 atom stereocenters. The van der Waals surface area contributed by atoms with Crippen molar-refractivity contribution in [1.82, 2.24) is 9.80 Å². The van der Waals surface area contributed by atoms with Crippen molar-refractivity contribution in [2.75, 3.05) is 18.8 Å². The Morgan fingerprint density at radius 1 is 1.25 bits per heavy atom. The van der Waals surface area contributed by atoms with Gasteiger partial charge in [0.05, 0.1) is 10.6 Å². The van der Waals surface area contributed by atoms with E-state index in [0.29, 0.717) is 12.1 Å². The first-order chi connectivity index (χ1) is 13.5. The molecule has 3 rings (SSSR count). The van der Waals surface area contributed by atoms with Gasteiger partial charge in [-0.2, -0.15) is 0 Å². The van der Waals surface area contributed by atoms with Gasteiger partial charge >= 0.3 is 5.97 Å². The highest BCUT2D eigenvalue weighted by molar-refractivity contribution is 8.03. The maximum absolute atomic E-state index is 13.8. The predicted molar refractivity (Wildman–Crippen MR) is 112 cm³/mol. The SMILES string of the molecule is CCSC1=C(C(=O)O)C(C)=CC(N2CCCCCC2)N1Cc1cccc(F)c1. The fourth-order valence-electron chi connectivity index (χ4n) is 4.04. The fraction of sp³-hybridized carbons (Fsp3) is 0.500. The summed E-state index contributed by atoms with van der Waals surface area (Å²) in [6.07, 6.45) is 6.86. The average Bonchev–Trinajstić information content (AvgIpc) is 2.93. The molecule has 1 fully saturated rings. The molecule has 0 amide bonds. The summed E-state index contributed by atoms with van der Waals surface area (Å²) in [6, 6.07) is 6.60. The van der Waals surface area contributed by atoms with Crippen LogP contribution in [0.5, 0.6) is 0 Å². The standard InChI is InChI=1S/C22H29FN2O2S/c1-3-28-21-20(22(26)27)16(2)13-19(24-11-6-4-5-7-12-24)25(21)15-17-9-8-10-18(23)14-17/h8-10,13-14,19H,3-7,11-12,15H2,1-2H3,(H,26,27). The van der Waals surface area contributed by atoms with Gasteiger partial charge in [-0.25, -0.2) is 9.18 Å². The number of carboxylic acid groups (broad SMARTS) is 1. The molecule has 0 spiro atoms. The molecule has 152 valence electrons. The number of carboxylic acids is 1. The molecule has 2 heterocycles. The summed E-state index contributed by atoms with van der Waals surface area (Å²) in [5.74, 6) is -0.380. The van der Waals surface area contributed by atoms with E-state index in [4.69, 9.17) is 0 Å². The number of benzene rings is 1. The van der Waals surface area contributed by atoms with Crippen LogP contribution in [0.2, 0.25) is 0 Å². The Hall–Kier alpha value is -1.79. The molecule has 0 radical (unpaired) electrons. The lowest BCUT2D eigenvalue weighted by Crippen LogP contribution is -2.48. The van der Waals surface area contributed by atoms with Crippen molar-refractivity contribution in [2.24, 2.45) is 0 Å². The Kier molecular flexibility index (Phi) is 7.18. The Balaban J connectivity index is 2.02. The Bertz CT molecular complexity index is 770. The minimum absolute atomic E-state index is 0.00137. The van der Waals surface area contributed by atoms with Crippen LogP contribution in [0.1, 0.15) is 45.1 Å². The van der Waals surface area contributed by atoms with Crippen LogP contribution in [-0.4, -0.2) is 45.9 Å².